The van der Waals surface area contributed by atoms with Crippen molar-refractivity contribution in [1.82, 2.24) is 0 Å². The van der Waals surface area contributed by atoms with Crippen molar-refractivity contribution >= 4 is 6.21 Å². The Hall–Kier alpha value is -1.59. The summed E-state index contributed by atoms with van der Waals surface area (Å²) in [6, 6.07) is 0.320. The van der Waals surface area contributed by atoms with E-state index in [-0.39, 0.29) is 0 Å². The molecule has 64 valence electrons. The fourth-order valence-corrected chi connectivity index (χ4v) is 1.14. The summed E-state index contributed by atoms with van der Waals surface area (Å²) in [7, 11) is 0. The Bertz CT molecular complexity index is 385. The van der Waals surface area contributed by atoms with Crippen LogP contribution in [0.2, 0.25) is 0 Å². The maximum atomic E-state index is 4.31. The van der Waals surface area contributed by atoms with Crippen LogP contribution in [0, 0.1) is 0 Å². The van der Waals surface area contributed by atoms with Crippen molar-refractivity contribution in [3.63, 3.8) is 0 Å². The van der Waals surface area contributed by atoms with Crippen LogP contribution < -0.4 is 0 Å². The Balaban J connectivity index is 2.24. The van der Waals surface area contributed by atoms with E-state index in [0.29, 0.717) is 6.04 Å². The molecule has 0 saturated heterocycles. The summed E-state index contributed by atoms with van der Waals surface area (Å²) < 4.78 is 0. The molecular weight excluding hydrogens is 158 g/mol. The molecule has 0 saturated carbocycles. The molecule has 0 aromatic rings. The second-order valence-corrected chi connectivity index (χ2v) is 3.12. The lowest BCUT2D eigenvalue weighted by molar-refractivity contribution is 1.14. The van der Waals surface area contributed by atoms with Crippen molar-refractivity contribution < 1.29 is 0 Å². The first kappa shape index (κ1) is 8.03. The highest BCUT2D eigenvalue weighted by molar-refractivity contribution is 5.72. The predicted octanol–water partition coefficient (Wildman–Crippen LogP) is 2.59. The standard InChI is InChI=1S/C12H11N/c1-10-5-2-3-7-11-9-12(11)13-8-4-6-10/h2-5,7-9,12H,1H3. The van der Waals surface area contributed by atoms with E-state index < -0.39 is 0 Å². The zero-order chi connectivity index (χ0) is 9.10. The summed E-state index contributed by atoms with van der Waals surface area (Å²) in [5, 5.41) is 0. The average Bonchev–Trinajstić information content (AvgIpc) is 2.84. The van der Waals surface area contributed by atoms with Gasteiger partial charge in [0.05, 0.1) is 6.04 Å². The Morgan fingerprint density at radius 1 is 1.31 bits per heavy atom. The quantitative estimate of drug-likeness (QED) is 0.494. The molecule has 0 radical (unpaired) electrons. The Morgan fingerprint density at radius 2 is 2.15 bits per heavy atom. The highest BCUT2D eigenvalue weighted by Gasteiger charge is 2.19. The third-order valence-corrected chi connectivity index (χ3v) is 1.96. The molecule has 0 fully saturated rings. The largest absolute Gasteiger partial charge is 0.280 e. The SMILES string of the molecule is CC1=C=CC=NC2C=C2C=CC=C1. The van der Waals surface area contributed by atoms with Gasteiger partial charge in [0.25, 0.3) is 0 Å². The molecule has 2 aliphatic rings. The number of fused-ring (bicyclic) bond motifs is 1. The van der Waals surface area contributed by atoms with E-state index in [1.165, 1.54) is 5.57 Å². The summed E-state index contributed by atoms with van der Waals surface area (Å²) >= 11 is 0. The van der Waals surface area contributed by atoms with Crippen LogP contribution in [-0.2, 0) is 0 Å². The maximum absolute atomic E-state index is 4.31. The van der Waals surface area contributed by atoms with E-state index in [2.05, 4.69) is 22.9 Å². The van der Waals surface area contributed by atoms with Gasteiger partial charge in [-0.25, -0.2) is 0 Å². The van der Waals surface area contributed by atoms with Crippen LogP contribution in [0.1, 0.15) is 6.92 Å². The van der Waals surface area contributed by atoms with Gasteiger partial charge in [-0.1, -0.05) is 30.4 Å². The van der Waals surface area contributed by atoms with Crippen molar-refractivity contribution in [1.29, 1.82) is 0 Å². The minimum atomic E-state index is 0.320. The van der Waals surface area contributed by atoms with Crippen molar-refractivity contribution in [2.45, 2.75) is 13.0 Å². The molecule has 2 rings (SSSR count). The highest BCUT2D eigenvalue weighted by Crippen LogP contribution is 2.24. The minimum absolute atomic E-state index is 0.320. The van der Waals surface area contributed by atoms with Gasteiger partial charge >= 0.3 is 0 Å². The number of nitrogens with zero attached hydrogens (tertiary/aromatic N) is 1. The van der Waals surface area contributed by atoms with Crippen molar-refractivity contribution in [2.75, 3.05) is 0 Å². The first-order chi connectivity index (χ1) is 6.36. The molecule has 1 nitrogen and oxygen atoms in total. The zero-order valence-corrected chi connectivity index (χ0v) is 7.57. The molecule has 0 aromatic carbocycles. The monoisotopic (exact) mass is 169 g/mol. The van der Waals surface area contributed by atoms with Crippen molar-refractivity contribution in [3.05, 3.63) is 53.3 Å². The first-order valence-electron chi connectivity index (χ1n) is 4.38. The molecule has 0 aromatic heterocycles. The van der Waals surface area contributed by atoms with Crippen LogP contribution in [0.3, 0.4) is 0 Å². The third kappa shape index (κ3) is 2.17. The molecular formula is C12H11N. The van der Waals surface area contributed by atoms with Crippen LogP contribution in [0.15, 0.2) is 58.3 Å². The van der Waals surface area contributed by atoms with Gasteiger partial charge in [0.2, 0.25) is 0 Å². The van der Waals surface area contributed by atoms with Gasteiger partial charge in [0.15, 0.2) is 0 Å². The lowest BCUT2D eigenvalue weighted by Gasteiger charge is -1.83. The zero-order valence-electron chi connectivity index (χ0n) is 7.57. The molecule has 1 heteroatoms. The van der Waals surface area contributed by atoms with E-state index >= 15 is 0 Å². The molecule has 0 bridgehead atoms. The Kier molecular flexibility index (Phi) is 2.11. The molecule has 1 aliphatic heterocycles. The minimum Gasteiger partial charge on any atom is -0.280 e. The summed E-state index contributed by atoms with van der Waals surface area (Å²) in [5.74, 6) is 0. The molecule has 1 heterocycles. The van der Waals surface area contributed by atoms with Gasteiger partial charge in [-0.3, -0.25) is 4.99 Å². The smallest absolute Gasteiger partial charge is 0.0934 e. The van der Waals surface area contributed by atoms with E-state index in [9.17, 15) is 0 Å². The van der Waals surface area contributed by atoms with E-state index in [0.717, 1.165) is 5.57 Å². The first-order valence-corrected chi connectivity index (χ1v) is 4.38. The number of hydrogen-bond donors (Lipinski definition) is 0. The molecule has 1 unspecified atom stereocenters. The summed E-state index contributed by atoms with van der Waals surface area (Å²) in [6.45, 7) is 2.02. The number of rotatable bonds is 0. The number of allylic oxidation sites excluding steroid dienone is 4. The highest BCUT2D eigenvalue weighted by atomic mass is 14.8. The van der Waals surface area contributed by atoms with E-state index in [1.807, 2.05) is 37.4 Å². The third-order valence-electron chi connectivity index (χ3n) is 1.96. The summed E-state index contributed by atoms with van der Waals surface area (Å²) in [6.07, 6.45) is 14.0. The number of aliphatic imine (C=N–C) groups is 1. The van der Waals surface area contributed by atoms with Gasteiger partial charge < -0.3 is 0 Å². The second kappa shape index (κ2) is 3.42. The van der Waals surface area contributed by atoms with Gasteiger partial charge in [0.1, 0.15) is 0 Å². The van der Waals surface area contributed by atoms with Crippen LogP contribution in [0.4, 0.5) is 0 Å². The molecule has 13 heavy (non-hydrogen) atoms. The van der Waals surface area contributed by atoms with Crippen molar-refractivity contribution in [3.8, 4) is 0 Å². The van der Waals surface area contributed by atoms with Crippen molar-refractivity contribution in [2.24, 2.45) is 4.99 Å². The maximum Gasteiger partial charge on any atom is 0.0934 e. The lowest BCUT2D eigenvalue weighted by atomic mass is 10.3. The molecule has 0 N–H and O–H groups in total. The summed E-state index contributed by atoms with van der Waals surface area (Å²) in [5.41, 5.74) is 5.53. The van der Waals surface area contributed by atoms with E-state index in [1.54, 1.807) is 0 Å². The summed E-state index contributed by atoms with van der Waals surface area (Å²) in [4.78, 5) is 4.31. The van der Waals surface area contributed by atoms with Crippen LogP contribution in [0.5, 0.6) is 0 Å². The molecule has 0 amide bonds. The van der Waals surface area contributed by atoms with Gasteiger partial charge in [-0.2, -0.15) is 0 Å². The van der Waals surface area contributed by atoms with E-state index in [4.69, 9.17) is 0 Å². The molecule has 1 aliphatic carbocycles. The van der Waals surface area contributed by atoms with Gasteiger partial charge in [-0.05, 0) is 24.1 Å². The fraction of sp³-hybridized carbons (Fsp3) is 0.167. The van der Waals surface area contributed by atoms with Crippen LogP contribution in [-0.4, -0.2) is 12.3 Å². The fourth-order valence-electron chi connectivity index (χ4n) is 1.14. The normalized spacial score (nSPS) is 24.5. The predicted molar refractivity (Wildman–Crippen MR) is 55.9 cm³/mol. The Labute approximate surface area is 78.2 Å². The van der Waals surface area contributed by atoms with Crippen LogP contribution >= 0.6 is 0 Å². The second-order valence-electron chi connectivity index (χ2n) is 3.12. The van der Waals surface area contributed by atoms with Gasteiger partial charge in [0, 0.05) is 6.21 Å². The van der Waals surface area contributed by atoms with Gasteiger partial charge in [-0.15, -0.1) is 5.73 Å². The Morgan fingerprint density at radius 3 is 3.08 bits per heavy atom. The lowest BCUT2D eigenvalue weighted by Crippen LogP contribution is -1.80. The molecule has 1 atom stereocenters. The van der Waals surface area contributed by atoms with Crippen LogP contribution in [0.25, 0.3) is 0 Å². The molecule has 0 spiro atoms. The number of hydrogen-bond acceptors (Lipinski definition) is 1. The topological polar surface area (TPSA) is 12.4 Å². The average molecular weight is 169 g/mol.